The van der Waals surface area contributed by atoms with E-state index in [0.717, 1.165) is 18.7 Å². The highest BCUT2D eigenvalue weighted by Gasteiger charge is 2.39. The fourth-order valence-electron chi connectivity index (χ4n) is 3.20. The van der Waals surface area contributed by atoms with Crippen LogP contribution in [0.5, 0.6) is 17.4 Å². The zero-order chi connectivity index (χ0) is 19.8. The van der Waals surface area contributed by atoms with Crippen LogP contribution >= 0.6 is 0 Å². The lowest BCUT2D eigenvalue weighted by molar-refractivity contribution is -0.146. The molecule has 0 saturated carbocycles. The number of hydrogen-bond acceptors (Lipinski definition) is 6. The lowest BCUT2D eigenvalue weighted by Gasteiger charge is -2.34. The number of amides is 1. The molecule has 1 aromatic carbocycles. The summed E-state index contributed by atoms with van der Waals surface area (Å²) >= 11 is 0. The summed E-state index contributed by atoms with van der Waals surface area (Å²) in [6.45, 7) is 4.43. The summed E-state index contributed by atoms with van der Waals surface area (Å²) in [6, 6.07) is 11.1. The third kappa shape index (κ3) is 4.79. The fraction of sp³-hybridized carbons (Fsp3) is 0.429. The molecule has 28 heavy (non-hydrogen) atoms. The molecule has 0 unspecified atom stereocenters. The van der Waals surface area contributed by atoms with E-state index in [1.807, 2.05) is 37.3 Å². The van der Waals surface area contributed by atoms with Gasteiger partial charge in [-0.3, -0.25) is 4.79 Å². The zero-order valence-corrected chi connectivity index (χ0v) is 16.4. The van der Waals surface area contributed by atoms with Crippen molar-refractivity contribution in [1.82, 2.24) is 15.6 Å². The van der Waals surface area contributed by atoms with E-state index in [1.54, 1.807) is 19.4 Å². The van der Waals surface area contributed by atoms with Crippen molar-refractivity contribution in [2.24, 2.45) is 0 Å². The molecular weight excluding hydrogens is 358 g/mol. The van der Waals surface area contributed by atoms with Crippen LogP contribution in [-0.4, -0.2) is 43.3 Å². The van der Waals surface area contributed by atoms with E-state index in [-0.39, 0.29) is 5.91 Å². The second kappa shape index (κ2) is 9.52. The van der Waals surface area contributed by atoms with Crippen molar-refractivity contribution in [2.45, 2.75) is 31.9 Å². The van der Waals surface area contributed by atoms with Crippen molar-refractivity contribution in [3.8, 4) is 17.4 Å². The van der Waals surface area contributed by atoms with Gasteiger partial charge in [0.05, 0.1) is 6.61 Å². The van der Waals surface area contributed by atoms with Crippen molar-refractivity contribution in [3.05, 3.63) is 48.2 Å². The van der Waals surface area contributed by atoms with Crippen LogP contribution in [0, 0.1) is 0 Å². The van der Waals surface area contributed by atoms with Gasteiger partial charge < -0.3 is 24.8 Å². The Morgan fingerprint density at radius 2 is 1.93 bits per heavy atom. The molecule has 1 fully saturated rings. The average Bonchev–Trinajstić information content (AvgIpc) is 2.75. The number of benzene rings is 1. The number of para-hydroxylation sites is 2. The molecule has 1 saturated heterocycles. The van der Waals surface area contributed by atoms with Crippen LogP contribution in [0.15, 0.2) is 42.6 Å². The van der Waals surface area contributed by atoms with E-state index in [1.165, 1.54) is 0 Å². The minimum atomic E-state index is -0.745. The van der Waals surface area contributed by atoms with Crippen LogP contribution in [0.25, 0.3) is 0 Å². The van der Waals surface area contributed by atoms with Gasteiger partial charge in [-0.25, -0.2) is 4.98 Å². The van der Waals surface area contributed by atoms with Crippen LogP contribution < -0.4 is 20.1 Å². The first-order chi connectivity index (χ1) is 13.7. The maximum absolute atomic E-state index is 12.6. The highest BCUT2D eigenvalue weighted by Crippen LogP contribution is 2.30. The third-order valence-corrected chi connectivity index (χ3v) is 4.83. The Balaban J connectivity index is 1.58. The predicted molar refractivity (Wildman–Crippen MR) is 106 cm³/mol. The normalized spacial score (nSPS) is 15.6. The van der Waals surface area contributed by atoms with Crippen LogP contribution in [-0.2, 0) is 16.1 Å². The lowest BCUT2D eigenvalue weighted by Crippen LogP contribution is -2.53. The SMILES string of the molecule is CCOc1ccccc1Oc1ccc(CNC(=O)C2(OC)CCNCC2)cn1. The summed E-state index contributed by atoms with van der Waals surface area (Å²) in [6.07, 6.45) is 3.03. The number of ether oxygens (including phenoxy) is 3. The maximum atomic E-state index is 12.6. The van der Waals surface area contributed by atoms with Crippen molar-refractivity contribution in [3.63, 3.8) is 0 Å². The molecule has 7 nitrogen and oxygen atoms in total. The third-order valence-electron chi connectivity index (χ3n) is 4.83. The molecule has 2 heterocycles. The van der Waals surface area contributed by atoms with Crippen molar-refractivity contribution >= 4 is 5.91 Å². The van der Waals surface area contributed by atoms with Gasteiger partial charge in [0, 0.05) is 25.9 Å². The van der Waals surface area contributed by atoms with Crippen molar-refractivity contribution in [1.29, 1.82) is 0 Å². The smallest absolute Gasteiger partial charge is 0.252 e. The van der Waals surface area contributed by atoms with Crippen LogP contribution in [0.2, 0.25) is 0 Å². The van der Waals surface area contributed by atoms with Gasteiger partial charge in [-0.1, -0.05) is 18.2 Å². The van der Waals surface area contributed by atoms with Gasteiger partial charge >= 0.3 is 0 Å². The van der Waals surface area contributed by atoms with E-state index in [9.17, 15) is 4.79 Å². The highest BCUT2D eigenvalue weighted by molar-refractivity contribution is 5.85. The second-order valence-electron chi connectivity index (χ2n) is 6.62. The molecule has 2 N–H and O–H groups in total. The first-order valence-corrected chi connectivity index (χ1v) is 9.55. The quantitative estimate of drug-likeness (QED) is 0.727. The number of carbonyl (C=O) groups is 1. The van der Waals surface area contributed by atoms with E-state index >= 15 is 0 Å². The molecule has 0 atom stereocenters. The number of hydrogen-bond donors (Lipinski definition) is 2. The van der Waals surface area contributed by atoms with Gasteiger partial charge in [-0.15, -0.1) is 0 Å². The number of methoxy groups -OCH3 is 1. The standard InChI is InChI=1S/C21H27N3O4/c1-3-27-17-6-4-5-7-18(17)28-19-9-8-16(14-23-19)15-24-20(25)21(26-2)10-12-22-13-11-21/h4-9,14,22H,3,10-13,15H2,1-2H3,(H,24,25). The summed E-state index contributed by atoms with van der Waals surface area (Å²) < 4.78 is 16.9. The first kappa shape index (κ1) is 20.1. The Labute approximate surface area is 165 Å². The average molecular weight is 385 g/mol. The number of aromatic nitrogens is 1. The summed E-state index contributed by atoms with van der Waals surface area (Å²) in [4.78, 5) is 16.9. The summed E-state index contributed by atoms with van der Waals surface area (Å²) in [5.74, 6) is 1.68. The van der Waals surface area contributed by atoms with Crippen molar-refractivity contribution in [2.75, 3.05) is 26.8 Å². The minimum absolute atomic E-state index is 0.0810. The van der Waals surface area contributed by atoms with E-state index in [4.69, 9.17) is 14.2 Å². The Hall–Kier alpha value is -2.64. The topological polar surface area (TPSA) is 81.7 Å². The monoisotopic (exact) mass is 385 g/mol. The van der Waals surface area contributed by atoms with Crippen LogP contribution in [0.4, 0.5) is 0 Å². The molecule has 0 aliphatic carbocycles. The van der Waals surface area contributed by atoms with Crippen molar-refractivity contribution < 1.29 is 19.0 Å². The van der Waals surface area contributed by atoms with Crippen LogP contribution in [0.3, 0.4) is 0 Å². The molecule has 150 valence electrons. The van der Waals surface area contributed by atoms with E-state index in [0.29, 0.717) is 43.4 Å². The number of nitrogens with one attached hydrogen (secondary N) is 2. The number of piperidine rings is 1. The number of carbonyl (C=O) groups excluding carboxylic acids is 1. The predicted octanol–water partition coefficient (Wildman–Crippen LogP) is 2.66. The Kier molecular flexibility index (Phi) is 6.84. The molecule has 0 bridgehead atoms. The zero-order valence-electron chi connectivity index (χ0n) is 16.4. The molecule has 7 heteroatoms. The number of nitrogens with zero attached hydrogens (tertiary/aromatic N) is 1. The number of rotatable bonds is 8. The second-order valence-corrected chi connectivity index (χ2v) is 6.62. The molecule has 1 aliphatic rings. The molecule has 0 spiro atoms. The molecule has 1 aliphatic heterocycles. The Bertz CT molecular complexity index is 773. The summed E-state index contributed by atoms with van der Waals surface area (Å²) in [7, 11) is 1.60. The van der Waals surface area contributed by atoms with Gasteiger partial charge in [-0.2, -0.15) is 0 Å². The van der Waals surface area contributed by atoms with Gasteiger partial charge in [0.1, 0.15) is 5.60 Å². The molecule has 1 aromatic heterocycles. The molecular formula is C21H27N3O4. The number of pyridine rings is 1. The molecule has 2 aromatic rings. The maximum Gasteiger partial charge on any atom is 0.252 e. The molecule has 3 rings (SSSR count). The lowest BCUT2D eigenvalue weighted by atomic mass is 9.91. The van der Waals surface area contributed by atoms with Gasteiger partial charge in [0.2, 0.25) is 5.88 Å². The van der Waals surface area contributed by atoms with Crippen LogP contribution in [0.1, 0.15) is 25.3 Å². The molecule has 1 amide bonds. The minimum Gasteiger partial charge on any atom is -0.490 e. The Morgan fingerprint density at radius 1 is 1.18 bits per heavy atom. The van der Waals surface area contributed by atoms with Gasteiger partial charge in [-0.05, 0) is 50.6 Å². The largest absolute Gasteiger partial charge is 0.490 e. The van der Waals surface area contributed by atoms with E-state index < -0.39 is 5.60 Å². The fourth-order valence-corrected chi connectivity index (χ4v) is 3.20. The molecule has 0 radical (unpaired) electrons. The van der Waals surface area contributed by atoms with E-state index in [2.05, 4.69) is 15.6 Å². The summed E-state index contributed by atoms with van der Waals surface area (Å²) in [5.41, 5.74) is 0.143. The van der Waals surface area contributed by atoms with Gasteiger partial charge in [0.15, 0.2) is 11.5 Å². The summed E-state index contributed by atoms with van der Waals surface area (Å²) in [5, 5.41) is 6.21. The Morgan fingerprint density at radius 3 is 2.57 bits per heavy atom. The first-order valence-electron chi connectivity index (χ1n) is 9.55. The van der Waals surface area contributed by atoms with Gasteiger partial charge in [0.25, 0.3) is 5.91 Å². The highest BCUT2D eigenvalue weighted by atomic mass is 16.5.